The summed E-state index contributed by atoms with van der Waals surface area (Å²) in [6, 6.07) is 1.67. The van der Waals surface area contributed by atoms with Crippen molar-refractivity contribution in [1.82, 2.24) is 4.90 Å². The summed E-state index contributed by atoms with van der Waals surface area (Å²) < 4.78 is 4.90. The normalized spacial score (nSPS) is 23.1. The summed E-state index contributed by atoms with van der Waals surface area (Å²) in [5, 5.41) is 9.55. The van der Waals surface area contributed by atoms with Gasteiger partial charge in [-0.05, 0) is 25.8 Å². The van der Waals surface area contributed by atoms with Crippen molar-refractivity contribution in [2.45, 2.75) is 25.9 Å². The van der Waals surface area contributed by atoms with Crippen molar-refractivity contribution in [3.63, 3.8) is 0 Å². The number of hydrogen-bond acceptors (Lipinski definition) is 3. The van der Waals surface area contributed by atoms with Crippen molar-refractivity contribution in [3.8, 4) is 0 Å². The molecule has 1 aliphatic rings. The molecule has 1 aromatic rings. The summed E-state index contributed by atoms with van der Waals surface area (Å²) in [5.41, 5.74) is 0.589. The summed E-state index contributed by atoms with van der Waals surface area (Å²) in [6.07, 6.45) is 4.57. The monoisotopic (exact) mass is 223 g/mol. The van der Waals surface area contributed by atoms with Gasteiger partial charge in [0.25, 0.3) is 5.91 Å². The Hall–Kier alpha value is -1.29. The molecule has 2 atom stereocenters. The fraction of sp³-hybridized carbons (Fsp3) is 0.583. The van der Waals surface area contributed by atoms with Gasteiger partial charge in [0.15, 0.2) is 0 Å². The second-order valence-electron chi connectivity index (χ2n) is 4.41. The van der Waals surface area contributed by atoms with Crippen LogP contribution in [0.2, 0.25) is 0 Å². The van der Waals surface area contributed by atoms with E-state index in [0.717, 1.165) is 19.4 Å². The van der Waals surface area contributed by atoms with Crippen LogP contribution in [0.15, 0.2) is 23.0 Å². The van der Waals surface area contributed by atoms with Gasteiger partial charge in [-0.15, -0.1) is 0 Å². The van der Waals surface area contributed by atoms with Gasteiger partial charge in [-0.3, -0.25) is 4.79 Å². The van der Waals surface area contributed by atoms with Crippen molar-refractivity contribution in [2.75, 3.05) is 13.1 Å². The average Bonchev–Trinajstić information content (AvgIpc) is 2.81. The number of likely N-dealkylation sites (tertiary alicyclic amines) is 1. The highest BCUT2D eigenvalue weighted by atomic mass is 16.3. The van der Waals surface area contributed by atoms with Crippen LogP contribution in [-0.4, -0.2) is 35.1 Å². The Morgan fingerprint density at radius 2 is 2.50 bits per heavy atom. The summed E-state index contributed by atoms with van der Waals surface area (Å²) in [7, 11) is 0. The Bertz CT molecular complexity index is 345. The Labute approximate surface area is 94.9 Å². The maximum absolute atomic E-state index is 12.0. The Balaban J connectivity index is 2.02. The summed E-state index contributed by atoms with van der Waals surface area (Å²) in [5.74, 6) is 0.198. The van der Waals surface area contributed by atoms with Crippen LogP contribution >= 0.6 is 0 Å². The van der Waals surface area contributed by atoms with Crippen LogP contribution < -0.4 is 0 Å². The number of furan rings is 1. The van der Waals surface area contributed by atoms with Gasteiger partial charge in [0, 0.05) is 19.0 Å². The molecular formula is C12H17NO3. The zero-order chi connectivity index (χ0) is 11.5. The van der Waals surface area contributed by atoms with Crippen LogP contribution in [0.1, 0.15) is 30.1 Å². The van der Waals surface area contributed by atoms with Crippen molar-refractivity contribution in [3.05, 3.63) is 24.2 Å². The minimum Gasteiger partial charge on any atom is -0.472 e. The summed E-state index contributed by atoms with van der Waals surface area (Å²) >= 11 is 0. The van der Waals surface area contributed by atoms with E-state index in [1.165, 1.54) is 12.5 Å². The molecule has 1 fully saturated rings. The topological polar surface area (TPSA) is 53.7 Å². The average molecular weight is 223 g/mol. The molecule has 4 nitrogen and oxygen atoms in total. The molecule has 4 heteroatoms. The van der Waals surface area contributed by atoms with Gasteiger partial charge >= 0.3 is 0 Å². The van der Waals surface area contributed by atoms with E-state index in [2.05, 4.69) is 0 Å². The predicted molar refractivity (Wildman–Crippen MR) is 59.0 cm³/mol. The molecule has 2 unspecified atom stereocenters. The maximum atomic E-state index is 12.0. The molecule has 0 saturated carbocycles. The van der Waals surface area contributed by atoms with Crippen LogP contribution in [-0.2, 0) is 0 Å². The van der Waals surface area contributed by atoms with Crippen LogP contribution in [0, 0.1) is 5.92 Å². The number of hydrogen-bond donors (Lipinski definition) is 1. The predicted octanol–water partition coefficient (Wildman–Crippen LogP) is 1.51. The first-order chi connectivity index (χ1) is 7.68. The van der Waals surface area contributed by atoms with E-state index in [4.69, 9.17) is 4.42 Å². The first-order valence-electron chi connectivity index (χ1n) is 5.68. The fourth-order valence-electron chi connectivity index (χ4n) is 2.16. The quantitative estimate of drug-likeness (QED) is 0.826. The van der Waals surface area contributed by atoms with Crippen LogP contribution in [0.4, 0.5) is 0 Å². The van der Waals surface area contributed by atoms with E-state index in [9.17, 15) is 9.90 Å². The van der Waals surface area contributed by atoms with E-state index >= 15 is 0 Å². The lowest BCUT2D eigenvalue weighted by atomic mass is 9.93. The molecule has 16 heavy (non-hydrogen) atoms. The Kier molecular flexibility index (Phi) is 3.29. The third-order valence-electron chi connectivity index (χ3n) is 3.20. The molecular weight excluding hydrogens is 206 g/mol. The Morgan fingerprint density at radius 1 is 1.69 bits per heavy atom. The van der Waals surface area contributed by atoms with E-state index in [0.29, 0.717) is 12.1 Å². The van der Waals surface area contributed by atoms with Crippen LogP contribution in [0.3, 0.4) is 0 Å². The van der Waals surface area contributed by atoms with Crippen molar-refractivity contribution < 1.29 is 14.3 Å². The van der Waals surface area contributed by atoms with E-state index in [1.54, 1.807) is 17.9 Å². The molecule has 0 aliphatic carbocycles. The molecule has 1 amide bonds. The molecule has 2 heterocycles. The number of rotatable bonds is 2. The highest BCUT2D eigenvalue weighted by Crippen LogP contribution is 2.21. The van der Waals surface area contributed by atoms with Crippen molar-refractivity contribution >= 4 is 5.91 Å². The minimum atomic E-state index is -0.347. The minimum absolute atomic E-state index is 0.000833. The number of aliphatic hydroxyl groups is 1. The van der Waals surface area contributed by atoms with E-state index in [1.807, 2.05) is 0 Å². The molecule has 1 aromatic heterocycles. The van der Waals surface area contributed by atoms with Crippen LogP contribution in [0.5, 0.6) is 0 Å². The molecule has 1 N–H and O–H groups in total. The zero-order valence-corrected chi connectivity index (χ0v) is 9.43. The molecule has 0 spiro atoms. The van der Waals surface area contributed by atoms with Gasteiger partial charge in [-0.2, -0.15) is 0 Å². The third kappa shape index (κ3) is 2.27. The SMILES string of the molecule is CC(O)C1CCCN(C(=O)c2ccoc2)C1. The molecule has 0 aromatic carbocycles. The van der Waals surface area contributed by atoms with Crippen LogP contribution in [0.25, 0.3) is 0 Å². The lowest BCUT2D eigenvalue weighted by molar-refractivity contribution is 0.0465. The number of amides is 1. The number of nitrogens with zero attached hydrogens (tertiary/aromatic N) is 1. The smallest absolute Gasteiger partial charge is 0.257 e. The standard InChI is InChI=1S/C12H17NO3/c1-9(14)10-3-2-5-13(7-10)12(15)11-4-6-16-8-11/h4,6,8-10,14H,2-3,5,7H2,1H3. The Morgan fingerprint density at radius 3 is 3.12 bits per heavy atom. The highest BCUT2D eigenvalue weighted by molar-refractivity contribution is 5.93. The zero-order valence-electron chi connectivity index (χ0n) is 9.43. The first-order valence-corrected chi connectivity index (χ1v) is 5.68. The molecule has 88 valence electrons. The third-order valence-corrected chi connectivity index (χ3v) is 3.20. The van der Waals surface area contributed by atoms with E-state index < -0.39 is 0 Å². The second-order valence-corrected chi connectivity index (χ2v) is 4.41. The molecule has 1 saturated heterocycles. The van der Waals surface area contributed by atoms with E-state index in [-0.39, 0.29) is 17.9 Å². The van der Waals surface area contributed by atoms with Gasteiger partial charge in [0.2, 0.25) is 0 Å². The molecule has 2 rings (SSSR count). The lowest BCUT2D eigenvalue weighted by Gasteiger charge is -2.33. The molecule has 0 radical (unpaired) electrons. The molecule has 0 bridgehead atoms. The highest BCUT2D eigenvalue weighted by Gasteiger charge is 2.27. The summed E-state index contributed by atoms with van der Waals surface area (Å²) in [4.78, 5) is 13.8. The molecule has 1 aliphatic heterocycles. The van der Waals surface area contributed by atoms with Crippen molar-refractivity contribution in [1.29, 1.82) is 0 Å². The van der Waals surface area contributed by atoms with Gasteiger partial charge in [-0.1, -0.05) is 0 Å². The number of carbonyl (C=O) groups excluding carboxylic acids is 1. The number of piperidine rings is 1. The number of aliphatic hydroxyl groups excluding tert-OH is 1. The summed E-state index contributed by atoms with van der Waals surface area (Å²) in [6.45, 7) is 3.20. The first kappa shape index (κ1) is 11.2. The largest absolute Gasteiger partial charge is 0.472 e. The van der Waals surface area contributed by atoms with Gasteiger partial charge in [0.05, 0.1) is 17.9 Å². The van der Waals surface area contributed by atoms with Gasteiger partial charge in [-0.25, -0.2) is 0 Å². The lowest BCUT2D eigenvalue weighted by Crippen LogP contribution is -2.42. The van der Waals surface area contributed by atoms with Gasteiger partial charge < -0.3 is 14.4 Å². The fourth-order valence-corrected chi connectivity index (χ4v) is 2.16. The number of carbonyl (C=O) groups is 1. The maximum Gasteiger partial charge on any atom is 0.257 e. The second kappa shape index (κ2) is 4.70. The van der Waals surface area contributed by atoms with Crippen molar-refractivity contribution in [2.24, 2.45) is 5.92 Å². The van der Waals surface area contributed by atoms with Gasteiger partial charge in [0.1, 0.15) is 6.26 Å².